The highest BCUT2D eigenvalue weighted by atomic mass is 15.3. The molecule has 0 saturated carbocycles. The van der Waals surface area contributed by atoms with Gasteiger partial charge < -0.3 is 10.6 Å². The van der Waals surface area contributed by atoms with E-state index in [1.54, 1.807) is 6.20 Å². The highest BCUT2D eigenvalue weighted by molar-refractivity contribution is 5.47. The Labute approximate surface area is 113 Å². The van der Waals surface area contributed by atoms with Crippen LogP contribution in [0.15, 0.2) is 24.5 Å². The van der Waals surface area contributed by atoms with Crippen molar-refractivity contribution in [2.24, 2.45) is 0 Å². The van der Waals surface area contributed by atoms with Gasteiger partial charge in [0, 0.05) is 38.5 Å². The maximum atomic E-state index is 4.50. The normalized spacial score (nSPS) is 10.4. The topological polar surface area (TPSA) is 67.7 Å². The van der Waals surface area contributed by atoms with E-state index in [4.69, 9.17) is 0 Å². The van der Waals surface area contributed by atoms with Gasteiger partial charge in [0.2, 0.25) is 0 Å². The van der Waals surface area contributed by atoms with Gasteiger partial charge in [-0.3, -0.25) is 4.68 Å². The smallest absolute Gasteiger partial charge is 0.133 e. The lowest BCUT2D eigenvalue weighted by Gasteiger charge is -2.09. The lowest BCUT2D eigenvalue weighted by molar-refractivity contribution is 0.636. The van der Waals surface area contributed by atoms with Crippen LogP contribution < -0.4 is 10.6 Å². The number of aryl methyl sites for hydroxylation is 1. The van der Waals surface area contributed by atoms with E-state index in [-0.39, 0.29) is 0 Å². The van der Waals surface area contributed by atoms with Crippen molar-refractivity contribution >= 4 is 11.6 Å². The number of aromatic nitrogens is 4. The molecule has 6 heteroatoms. The van der Waals surface area contributed by atoms with Gasteiger partial charge in [-0.25, -0.2) is 9.97 Å². The summed E-state index contributed by atoms with van der Waals surface area (Å²) in [5, 5.41) is 10.5. The summed E-state index contributed by atoms with van der Waals surface area (Å²) < 4.78 is 1.89. The van der Waals surface area contributed by atoms with Gasteiger partial charge in [0.25, 0.3) is 0 Å². The predicted molar refractivity (Wildman–Crippen MR) is 76.3 cm³/mol. The standard InChI is InChI=1S/C13H20N6/c1-3-5-11-17-12(14-2)10-13(18-11)15-7-9-19-8-4-6-16-19/h4,6,8,10H,3,5,7,9H2,1-2H3,(H2,14,15,17,18). The van der Waals surface area contributed by atoms with Crippen LogP contribution in [-0.4, -0.2) is 33.3 Å². The molecule has 0 fully saturated rings. The van der Waals surface area contributed by atoms with E-state index < -0.39 is 0 Å². The minimum atomic E-state index is 0.785. The van der Waals surface area contributed by atoms with Gasteiger partial charge in [-0.1, -0.05) is 6.92 Å². The predicted octanol–water partition coefficient (Wildman–Crippen LogP) is 1.78. The van der Waals surface area contributed by atoms with Crippen molar-refractivity contribution in [1.82, 2.24) is 19.7 Å². The van der Waals surface area contributed by atoms with E-state index >= 15 is 0 Å². The third kappa shape index (κ3) is 3.94. The summed E-state index contributed by atoms with van der Waals surface area (Å²) in [6.45, 7) is 3.72. The first-order valence-corrected chi connectivity index (χ1v) is 6.59. The van der Waals surface area contributed by atoms with Gasteiger partial charge in [0.1, 0.15) is 17.5 Å². The molecule has 0 unspecified atom stereocenters. The molecule has 0 atom stereocenters. The summed E-state index contributed by atoms with van der Waals surface area (Å²) in [5.41, 5.74) is 0. The average molecular weight is 260 g/mol. The average Bonchev–Trinajstić information content (AvgIpc) is 2.92. The molecule has 0 amide bonds. The van der Waals surface area contributed by atoms with Crippen molar-refractivity contribution < 1.29 is 0 Å². The maximum absolute atomic E-state index is 4.50. The Morgan fingerprint density at radius 3 is 2.79 bits per heavy atom. The van der Waals surface area contributed by atoms with Crippen molar-refractivity contribution in [3.05, 3.63) is 30.4 Å². The molecule has 0 spiro atoms. The molecule has 2 aromatic rings. The molecule has 0 aliphatic heterocycles. The van der Waals surface area contributed by atoms with Gasteiger partial charge in [-0.15, -0.1) is 0 Å². The Morgan fingerprint density at radius 1 is 1.26 bits per heavy atom. The molecule has 6 nitrogen and oxygen atoms in total. The second kappa shape index (κ2) is 6.72. The van der Waals surface area contributed by atoms with Gasteiger partial charge in [0.05, 0.1) is 6.54 Å². The van der Waals surface area contributed by atoms with Crippen LogP contribution >= 0.6 is 0 Å². The number of rotatable bonds is 7. The molecule has 2 heterocycles. The molecular weight excluding hydrogens is 240 g/mol. The van der Waals surface area contributed by atoms with Crippen LogP contribution in [0.5, 0.6) is 0 Å². The summed E-state index contributed by atoms with van der Waals surface area (Å²) in [4.78, 5) is 8.92. The molecule has 102 valence electrons. The quantitative estimate of drug-likeness (QED) is 0.794. The molecule has 0 aliphatic carbocycles. The van der Waals surface area contributed by atoms with E-state index in [9.17, 15) is 0 Å². The van der Waals surface area contributed by atoms with Crippen LogP contribution in [0.1, 0.15) is 19.2 Å². The van der Waals surface area contributed by atoms with Crippen molar-refractivity contribution in [1.29, 1.82) is 0 Å². The van der Waals surface area contributed by atoms with Gasteiger partial charge in [-0.2, -0.15) is 5.10 Å². The molecule has 2 rings (SSSR count). The van der Waals surface area contributed by atoms with Crippen LogP contribution in [0.25, 0.3) is 0 Å². The molecule has 0 bridgehead atoms. The van der Waals surface area contributed by atoms with Crippen molar-refractivity contribution in [2.45, 2.75) is 26.3 Å². The summed E-state index contributed by atoms with van der Waals surface area (Å²) in [5.74, 6) is 2.57. The second-order valence-corrected chi connectivity index (χ2v) is 4.25. The first-order valence-electron chi connectivity index (χ1n) is 6.59. The maximum Gasteiger partial charge on any atom is 0.133 e. The largest absolute Gasteiger partial charge is 0.373 e. The SMILES string of the molecule is CCCc1nc(NC)cc(NCCn2cccn2)n1. The molecule has 0 aromatic carbocycles. The fraction of sp³-hybridized carbons (Fsp3) is 0.462. The van der Waals surface area contributed by atoms with Crippen LogP contribution in [-0.2, 0) is 13.0 Å². The van der Waals surface area contributed by atoms with Crippen LogP contribution in [0.2, 0.25) is 0 Å². The molecule has 2 N–H and O–H groups in total. The number of hydrogen-bond acceptors (Lipinski definition) is 5. The molecule has 0 saturated heterocycles. The fourth-order valence-electron chi connectivity index (χ4n) is 1.78. The lowest BCUT2D eigenvalue weighted by atomic mass is 10.3. The van der Waals surface area contributed by atoms with Crippen LogP contribution in [0.3, 0.4) is 0 Å². The van der Waals surface area contributed by atoms with Gasteiger partial charge >= 0.3 is 0 Å². The molecule has 0 radical (unpaired) electrons. The zero-order valence-electron chi connectivity index (χ0n) is 11.4. The van der Waals surface area contributed by atoms with E-state index in [2.05, 4.69) is 32.6 Å². The number of nitrogens with zero attached hydrogens (tertiary/aromatic N) is 4. The van der Waals surface area contributed by atoms with Crippen LogP contribution in [0.4, 0.5) is 11.6 Å². The first-order chi connectivity index (χ1) is 9.31. The van der Waals surface area contributed by atoms with Crippen molar-refractivity contribution in [3.63, 3.8) is 0 Å². The lowest BCUT2D eigenvalue weighted by Crippen LogP contribution is -2.13. The summed E-state index contributed by atoms with van der Waals surface area (Å²) in [6, 6.07) is 3.84. The van der Waals surface area contributed by atoms with Gasteiger partial charge in [0.15, 0.2) is 0 Å². The van der Waals surface area contributed by atoms with E-state index in [0.717, 1.165) is 43.4 Å². The summed E-state index contributed by atoms with van der Waals surface area (Å²) in [7, 11) is 1.87. The number of anilines is 2. The molecule has 19 heavy (non-hydrogen) atoms. The molecule has 0 aliphatic rings. The zero-order chi connectivity index (χ0) is 13.5. The van der Waals surface area contributed by atoms with E-state index in [0.29, 0.717) is 0 Å². The minimum Gasteiger partial charge on any atom is -0.373 e. The minimum absolute atomic E-state index is 0.785. The van der Waals surface area contributed by atoms with Crippen LogP contribution in [0, 0.1) is 0 Å². The van der Waals surface area contributed by atoms with Crippen molar-refractivity contribution in [2.75, 3.05) is 24.2 Å². The van der Waals surface area contributed by atoms with Gasteiger partial charge in [-0.05, 0) is 12.5 Å². The highest BCUT2D eigenvalue weighted by Gasteiger charge is 2.03. The van der Waals surface area contributed by atoms with Crippen molar-refractivity contribution in [3.8, 4) is 0 Å². The monoisotopic (exact) mass is 260 g/mol. The summed E-state index contributed by atoms with van der Waals surface area (Å²) in [6.07, 6.45) is 5.66. The fourth-order valence-corrected chi connectivity index (χ4v) is 1.78. The third-order valence-electron chi connectivity index (χ3n) is 2.71. The summed E-state index contributed by atoms with van der Waals surface area (Å²) >= 11 is 0. The van der Waals surface area contributed by atoms with E-state index in [1.807, 2.05) is 30.1 Å². The second-order valence-electron chi connectivity index (χ2n) is 4.25. The molecular formula is C13H20N6. The Hall–Kier alpha value is -2.11. The molecule has 2 aromatic heterocycles. The third-order valence-corrected chi connectivity index (χ3v) is 2.71. The number of hydrogen-bond donors (Lipinski definition) is 2. The Balaban J connectivity index is 1.96. The van der Waals surface area contributed by atoms with E-state index in [1.165, 1.54) is 0 Å². The zero-order valence-corrected chi connectivity index (χ0v) is 11.4. The Bertz CT molecular complexity index is 494. The highest BCUT2D eigenvalue weighted by Crippen LogP contribution is 2.11. The Kier molecular flexibility index (Phi) is 4.72. The number of nitrogens with one attached hydrogen (secondary N) is 2. The Morgan fingerprint density at radius 2 is 2.11 bits per heavy atom. The first kappa shape index (κ1) is 13.3.